The lowest BCUT2D eigenvalue weighted by atomic mass is 10.4. The van der Waals surface area contributed by atoms with E-state index in [9.17, 15) is 4.79 Å². The van der Waals surface area contributed by atoms with E-state index in [1.165, 1.54) is 18.4 Å². The molecular formula is C6H9N2O2S+. The second-order valence-electron chi connectivity index (χ2n) is 2.04. The number of nitrogen functional groups attached to an aromatic ring is 1. The lowest BCUT2D eigenvalue weighted by molar-refractivity contribution is -0.363. The van der Waals surface area contributed by atoms with Crippen LogP contribution in [-0.4, -0.2) is 13.1 Å². The summed E-state index contributed by atoms with van der Waals surface area (Å²) in [6, 6.07) is 0. The van der Waals surface area contributed by atoms with Crippen LogP contribution in [0.3, 0.4) is 0 Å². The van der Waals surface area contributed by atoms with Gasteiger partial charge in [0.05, 0.1) is 7.11 Å². The number of H-pyrrole nitrogens is 1. The summed E-state index contributed by atoms with van der Waals surface area (Å²) in [6.45, 7) is 1.78. The minimum atomic E-state index is -0.347. The first-order chi connectivity index (χ1) is 5.15. The van der Waals surface area contributed by atoms with Gasteiger partial charge in [-0.25, -0.2) is 9.78 Å². The number of carbonyl (C=O) groups excluding carboxylic acids is 1. The molecule has 0 spiro atoms. The molecule has 5 heteroatoms. The molecule has 0 atom stereocenters. The molecule has 0 amide bonds. The maximum atomic E-state index is 11.0. The Hall–Kier alpha value is -1.10. The van der Waals surface area contributed by atoms with Crippen LogP contribution >= 0.6 is 11.3 Å². The van der Waals surface area contributed by atoms with E-state index in [0.717, 1.165) is 5.69 Å². The van der Waals surface area contributed by atoms with Gasteiger partial charge in [-0.15, -0.1) is 0 Å². The van der Waals surface area contributed by atoms with Gasteiger partial charge in [0.25, 0.3) is 0 Å². The molecular weight excluding hydrogens is 164 g/mol. The molecule has 1 heterocycles. The number of ether oxygens (including phenoxy) is 1. The van der Waals surface area contributed by atoms with Crippen LogP contribution in [0, 0.1) is 6.92 Å². The van der Waals surface area contributed by atoms with Crippen molar-refractivity contribution >= 4 is 22.4 Å². The Bertz CT molecular complexity index is 282. The number of aromatic nitrogens is 1. The number of thiazole rings is 1. The summed E-state index contributed by atoms with van der Waals surface area (Å²) < 4.78 is 4.53. The van der Waals surface area contributed by atoms with Gasteiger partial charge < -0.3 is 4.74 Å². The first kappa shape index (κ1) is 8.00. The van der Waals surface area contributed by atoms with Crippen LogP contribution in [0.15, 0.2) is 0 Å². The highest BCUT2D eigenvalue weighted by Gasteiger charge is 2.16. The van der Waals surface area contributed by atoms with Crippen molar-refractivity contribution in [2.75, 3.05) is 12.8 Å². The average Bonchev–Trinajstić information content (AvgIpc) is 2.28. The SMILES string of the molecule is COC(=O)c1sc(N)[nH+]c1C. The summed E-state index contributed by atoms with van der Waals surface area (Å²) in [5.41, 5.74) is 6.18. The lowest BCUT2D eigenvalue weighted by Gasteiger charge is -1.91. The van der Waals surface area contributed by atoms with Crippen LogP contribution in [0.2, 0.25) is 0 Å². The van der Waals surface area contributed by atoms with E-state index in [0.29, 0.717) is 10.0 Å². The number of hydrogen-bond donors (Lipinski definition) is 1. The lowest BCUT2D eigenvalue weighted by Crippen LogP contribution is -2.09. The highest BCUT2D eigenvalue weighted by molar-refractivity contribution is 7.16. The van der Waals surface area contributed by atoms with Crippen LogP contribution in [0.1, 0.15) is 15.4 Å². The molecule has 60 valence electrons. The first-order valence-electron chi connectivity index (χ1n) is 3.01. The van der Waals surface area contributed by atoms with Crippen molar-refractivity contribution in [3.63, 3.8) is 0 Å². The Morgan fingerprint density at radius 1 is 1.73 bits per heavy atom. The Kier molecular flexibility index (Phi) is 2.09. The quantitative estimate of drug-likeness (QED) is 0.618. The molecule has 0 aliphatic carbocycles. The Morgan fingerprint density at radius 3 is 2.73 bits per heavy atom. The van der Waals surface area contributed by atoms with Crippen molar-refractivity contribution in [3.05, 3.63) is 10.6 Å². The average molecular weight is 173 g/mol. The smallest absolute Gasteiger partial charge is 0.352 e. The maximum Gasteiger partial charge on any atom is 0.352 e. The molecule has 1 rings (SSSR count). The van der Waals surface area contributed by atoms with Crippen LogP contribution in [0.5, 0.6) is 0 Å². The number of rotatable bonds is 1. The molecule has 0 aliphatic heterocycles. The summed E-state index contributed by atoms with van der Waals surface area (Å²) in [7, 11) is 1.34. The summed E-state index contributed by atoms with van der Waals surface area (Å²) in [4.78, 5) is 14.3. The van der Waals surface area contributed by atoms with Crippen molar-refractivity contribution in [1.29, 1.82) is 0 Å². The summed E-state index contributed by atoms with van der Waals surface area (Å²) in [5, 5.41) is 0.517. The van der Waals surface area contributed by atoms with E-state index >= 15 is 0 Å². The third kappa shape index (κ3) is 1.48. The fourth-order valence-corrected chi connectivity index (χ4v) is 1.54. The summed E-state index contributed by atoms with van der Waals surface area (Å²) in [5.74, 6) is -0.347. The normalized spacial score (nSPS) is 9.64. The van der Waals surface area contributed by atoms with E-state index in [-0.39, 0.29) is 5.97 Å². The number of carbonyl (C=O) groups is 1. The third-order valence-electron chi connectivity index (χ3n) is 1.23. The minimum Gasteiger partial charge on any atom is -0.465 e. The van der Waals surface area contributed by atoms with Gasteiger partial charge in [-0.05, 0) is 18.3 Å². The van der Waals surface area contributed by atoms with Gasteiger partial charge in [-0.3, -0.25) is 5.73 Å². The van der Waals surface area contributed by atoms with Crippen LogP contribution < -0.4 is 10.7 Å². The topological polar surface area (TPSA) is 66.5 Å². The van der Waals surface area contributed by atoms with Gasteiger partial charge in [0.1, 0.15) is 5.69 Å². The second-order valence-corrected chi connectivity index (χ2v) is 3.09. The van der Waals surface area contributed by atoms with Gasteiger partial charge in [-0.2, -0.15) is 0 Å². The van der Waals surface area contributed by atoms with Crippen LogP contribution in [-0.2, 0) is 4.74 Å². The Morgan fingerprint density at radius 2 is 2.36 bits per heavy atom. The molecule has 1 aromatic heterocycles. The molecule has 0 radical (unpaired) electrons. The number of aromatic amines is 1. The number of nitrogens with two attached hydrogens (primary N) is 1. The van der Waals surface area contributed by atoms with Crippen molar-refractivity contribution < 1.29 is 14.5 Å². The maximum absolute atomic E-state index is 11.0. The predicted molar refractivity (Wildman–Crippen MR) is 41.4 cm³/mol. The summed E-state index contributed by atoms with van der Waals surface area (Å²) in [6.07, 6.45) is 0. The first-order valence-corrected chi connectivity index (χ1v) is 3.83. The zero-order valence-electron chi connectivity index (χ0n) is 6.30. The molecule has 0 bridgehead atoms. The number of esters is 1. The molecule has 3 N–H and O–H groups in total. The highest BCUT2D eigenvalue weighted by Crippen LogP contribution is 2.15. The van der Waals surface area contributed by atoms with Gasteiger partial charge in [0.15, 0.2) is 4.88 Å². The molecule has 0 aliphatic rings. The van der Waals surface area contributed by atoms with Gasteiger partial charge in [0.2, 0.25) is 0 Å². The number of methoxy groups -OCH3 is 1. The molecule has 0 saturated heterocycles. The molecule has 11 heavy (non-hydrogen) atoms. The van der Waals surface area contributed by atoms with Gasteiger partial charge >= 0.3 is 11.1 Å². The van der Waals surface area contributed by atoms with Crippen molar-refractivity contribution in [2.24, 2.45) is 0 Å². The van der Waals surface area contributed by atoms with Crippen molar-refractivity contribution in [1.82, 2.24) is 0 Å². The monoisotopic (exact) mass is 173 g/mol. The molecule has 0 saturated carbocycles. The molecule has 0 aromatic carbocycles. The van der Waals surface area contributed by atoms with Crippen molar-refractivity contribution in [2.45, 2.75) is 6.92 Å². The van der Waals surface area contributed by atoms with E-state index in [2.05, 4.69) is 9.72 Å². The van der Waals surface area contributed by atoms with Crippen LogP contribution in [0.4, 0.5) is 5.13 Å². The molecule has 1 aromatic rings. The highest BCUT2D eigenvalue weighted by atomic mass is 32.1. The summed E-state index contributed by atoms with van der Waals surface area (Å²) >= 11 is 1.19. The minimum absolute atomic E-state index is 0.347. The third-order valence-corrected chi connectivity index (χ3v) is 2.23. The zero-order valence-corrected chi connectivity index (χ0v) is 7.12. The fourth-order valence-electron chi connectivity index (χ4n) is 0.741. The predicted octanol–water partition coefficient (Wildman–Crippen LogP) is 0.239. The number of anilines is 1. The fraction of sp³-hybridized carbons (Fsp3) is 0.333. The van der Waals surface area contributed by atoms with E-state index in [1.807, 2.05) is 0 Å². The Balaban J connectivity index is 3.03. The number of hydrogen-bond acceptors (Lipinski definition) is 4. The number of nitrogens with one attached hydrogen (secondary N) is 1. The molecule has 0 fully saturated rings. The standard InChI is InChI=1S/C6H8N2O2S/c1-3-4(5(9)10-2)11-6(7)8-3/h1-2H3,(H2,7,8)/p+1. The van der Waals surface area contributed by atoms with E-state index in [4.69, 9.17) is 5.73 Å². The largest absolute Gasteiger partial charge is 0.465 e. The van der Waals surface area contributed by atoms with E-state index in [1.54, 1.807) is 6.92 Å². The van der Waals surface area contributed by atoms with Gasteiger partial charge in [-0.1, -0.05) is 0 Å². The van der Waals surface area contributed by atoms with Crippen molar-refractivity contribution in [3.8, 4) is 0 Å². The Labute approximate surface area is 68.0 Å². The zero-order chi connectivity index (χ0) is 8.43. The second kappa shape index (κ2) is 2.87. The van der Waals surface area contributed by atoms with Gasteiger partial charge in [0, 0.05) is 0 Å². The van der Waals surface area contributed by atoms with E-state index < -0.39 is 0 Å². The number of aryl methyl sites for hydroxylation is 1. The molecule has 4 nitrogen and oxygen atoms in total. The molecule has 0 unspecified atom stereocenters. The van der Waals surface area contributed by atoms with Crippen LogP contribution in [0.25, 0.3) is 0 Å².